The SMILES string of the molecule is CC(C)n1c(=O)n(C)c2cnc3ccc(-c4ccc(OCCCN5CCC5)nc4F)cc3c21. The minimum Gasteiger partial charge on any atom is -0.478 e. The van der Waals surface area contributed by atoms with E-state index in [9.17, 15) is 9.18 Å². The van der Waals surface area contributed by atoms with E-state index in [1.807, 2.05) is 32.0 Å². The molecule has 0 spiro atoms. The molecule has 0 aliphatic carbocycles. The summed E-state index contributed by atoms with van der Waals surface area (Å²) in [5.74, 6) is -0.287. The number of fused-ring (bicyclic) bond motifs is 3. The van der Waals surface area contributed by atoms with E-state index >= 15 is 0 Å². The summed E-state index contributed by atoms with van der Waals surface area (Å²) in [6, 6.07) is 8.95. The van der Waals surface area contributed by atoms with Crippen molar-refractivity contribution >= 4 is 21.9 Å². The molecule has 0 amide bonds. The Kier molecular flexibility index (Phi) is 5.62. The minimum atomic E-state index is -0.580. The van der Waals surface area contributed by atoms with Crippen molar-refractivity contribution in [2.45, 2.75) is 32.7 Å². The van der Waals surface area contributed by atoms with E-state index < -0.39 is 5.95 Å². The maximum atomic E-state index is 15.0. The van der Waals surface area contributed by atoms with Gasteiger partial charge >= 0.3 is 5.69 Å². The molecule has 4 heterocycles. The molecular weight excluding hydrogens is 421 g/mol. The zero-order chi connectivity index (χ0) is 23.1. The largest absolute Gasteiger partial charge is 0.478 e. The highest BCUT2D eigenvalue weighted by atomic mass is 19.1. The predicted octanol–water partition coefficient (Wildman–Crippen LogP) is 4.14. The first-order valence-corrected chi connectivity index (χ1v) is 11.5. The van der Waals surface area contributed by atoms with Crippen molar-refractivity contribution in [1.29, 1.82) is 0 Å². The van der Waals surface area contributed by atoms with Crippen LogP contribution in [0, 0.1) is 5.95 Å². The van der Waals surface area contributed by atoms with Gasteiger partial charge in [-0.15, -0.1) is 0 Å². The van der Waals surface area contributed by atoms with Crippen molar-refractivity contribution in [3.63, 3.8) is 0 Å². The predicted molar refractivity (Wildman–Crippen MR) is 127 cm³/mol. The van der Waals surface area contributed by atoms with E-state index in [0.29, 0.717) is 23.6 Å². The Labute approximate surface area is 191 Å². The Morgan fingerprint density at radius 1 is 1.18 bits per heavy atom. The second-order valence-electron chi connectivity index (χ2n) is 8.91. The highest BCUT2D eigenvalue weighted by molar-refractivity contribution is 6.04. The number of aryl methyl sites for hydroxylation is 1. The highest BCUT2D eigenvalue weighted by Gasteiger charge is 2.18. The van der Waals surface area contributed by atoms with Crippen LogP contribution in [0.2, 0.25) is 0 Å². The van der Waals surface area contributed by atoms with Gasteiger partial charge in [-0.05, 0) is 63.5 Å². The van der Waals surface area contributed by atoms with E-state index in [0.717, 1.165) is 48.0 Å². The fourth-order valence-corrected chi connectivity index (χ4v) is 4.46. The van der Waals surface area contributed by atoms with E-state index in [4.69, 9.17) is 4.74 Å². The normalized spacial score (nSPS) is 14.3. The molecular formula is C25H28FN5O2. The Balaban J connectivity index is 1.47. The van der Waals surface area contributed by atoms with E-state index in [1.54, 1.807) is 34.5 Å². The molecule has 1 fully saturated rings. The van der Waals surface area contributed by atoms with Gasteiger partial charge in [0.1, 0.15) is 0 Å². The second kappa shape index (κ2) is 8.59. The summed E-state index contributed by atoms with van der Waals surface area (Å²) in [7, 11) is 1.74. The maximum absolute atomic E-state index is 15.0. The molecule has 0 atom stereocenters. The first kappa shape index (κ1) is 21.6. The zero-order valence-electron chi connectivity index (χ0n) is 19.2. The number of nitrogens with zero attached hydrogens (tertiary/aromatic N) is 5. The fourth-order valence-electron chi connectivity index (χ4n) is 4.46. The van der Waals surface area contributed by atoms with Crippen LogP contribution < -0.4 is 10.4 Å². The number of benzene rings is 1. The summed E-state index contributed by atoms with van der Waals surface area (Å²) in [6.07, 6.45) is 3.88. The molecule has 5 rings (SSSR count). The van der Waals surface area contributed by atoms with Crippen molar-refractivity contribution in [3.8, 4) is 17.0 Å². The summed E-state index contributed by atoms with van der Waals surface area (Å²) in [4.78, 5) is 23.7. The monoisotopic (exact) mass is 449 g/mol. The van der Waals surface area contributed by atoms with Crippen LogP contribution in [0.5, 0.6) is 5.88 Å². The lowest BCUT2D eigenvalue weighted by Crippen LogP contribution is -2.38. The minimum absolute atomic E-state index is 0.0219. The number of ether oxygens (including phenoxy) is 1. The summed E-state index contributed by atoms with van der Waals surface area (Å²) in [6.45, 7) is 7.78. The summed E-state index contributed by atoms with van der Waals surface area (Å²) >= 11 is 0. The van der Waals surface area contributed by atoms with Gasteiger partial charge in [0.25, 0.3) is 0 Å². The van der Waals surface area contributed by atoms with Gasteiger partial charge < -0.3 is 9.64 Å². The number of hydrogen-bond acceptors (Lipinski definition) is 5. The summed E-state index contributed by atoms with van der Waals surface area (Å²) < 4.78 is 24.0. The van der Waals surface area contributed by atoms with Gasteiger partial charge in [0, 0.05) is 36.7 Å². The molecule has 1 saturated heterocycles. The van der Waals surface area contributed by atoms with Crippen molar-refractivity contribution in [2.75, 3.05) is 26.2 Å². The molecule has 0 bridgehead atoms. The van der Waals surface area contributed by atoms with Crippen molar-refractivity contribution in [1.82, 2.24) is 24.0 Å². The topological polar surface area (TPSA) is 65.2 Å². The fraction of sp³-hybridized carbons (Fsp3) is 0.400. The lowest BCUT2D eigenvalue weighted by Gasteiger charge is -2.30. The van der Waals surface area contributed by atoms with E-state index in [-0.39, 0.29) is 11.7 Å². The van der Waals surface area contributed by atoms with E-state index in [1.165, 1.54) is 6.42 Å². The molecule has 1 aliphatic rings. The van der Waals surface area contributed by atoms with Crippen molar-refractivity contribution in [3.05, 3.63) is 53.0 Å². The van der Waals surface area contributed by atoms with E-state index in [2.05, 4.69) is 14.9 Å². The van der Waals surface area contributed by atoms with Crippen LogP contribution in [0.15, 0.2) is 41.3 Å². The highest BCUT2D eigenvalue weighted by Crippen LogP contribution is 2.31. The summed E-state index contributed by atoms with van der Waals surface area (Å²) in [5, 5.41) is 0.808. The van der Waals surface area contributed by atoms with Crippen LogP contribution >= 0.6 is 0 Å². The summed E-state index contributed by atoms with van der Waals surface area (Å²) in [5.41, 5.74) is 3.28. The molecule has 4 aromatic rings. The number of rotatable bonds is 7. The van der Waals surface area contributed by atoms with Crippen molar-refractivity contribution in [2.24, 2.45) is 7.05 Å². The number of hydrogen-bond donors (Lipinski definition) is 0. The molecule has 0 unspecified atom stereocenters. The number of halogens is 1. The molecule has 0 radical (unpaired) electrons. The lowest BCUT2D eigenvalue weighted by molar-refractivity contribution is 0.164. The first-order chi connectivity index (χ1) is 15.9. The Morgan fingerprint density at radius 2 is 2.00 bits per heavy atom. The molecule has 1 aliphatic heterocycles. The molecule has 3 aromatic heterocycles. The number of likely N-dealkylation sites (tertiary alicyclic amines) is 1. The van der Waals surface area contributed by atoms with Crippen LogP contribution in [-0.4, -0.2) is 50.2 Å². The number of aromatic nitrogens is 4. The quantitative estimate of drug-likeness (QED) is 0.313. The number of imidazole rings is 1. The second-order valence-corrected chi connectivity index (χ2v) is 8.91. The smallest absolute Gasteiger partial charge is 0.329 e. The molecule has 1 aromatic carbocycles. The van der Waals surface area contributed by atoms with Crippen LogP contribution in [0.25, 0.3) is 33.1 Å². The maximum Gasteiger partial charge on any atom is 0.329 e. The van der Waals surface area contributed by atoms with Gasteiger partial charge in [0.15, 0.2) is 0 Å². The Hall–Kier alpha value is -3.26. The van der Waals surface area contributed by atoms with Crippen molar-refractivity contribution < 1.29 is 9.13 Å². The third-order valence-electron chi connectivity index (χ3n) is 6.38. The van der Waals surface area contributed by atoms with Gasteiger partial charge in [-0.25, -0.2) is 4.79 Å². The van der Waals surface area contributed by atoms with Gasteiger partial charge in [-0.3, -0.25) is 14.1 Å². The third-order valence-corrected chi connectivity index (χ3v) is 6.38. The number of pyridine rings is 2. The van der Waals surface area contributed by atoms with Gasteiger partial charge in [0.05, 0.1) is 29.4 Å². The van der Waals surface area contributed by atoms with Crippen LogP contribution in [0.4, 0.5) is 4.39 Å². The molecule has 8 heteroatoms. The van der Waals surface area contributed by atoms with Crippen LogP contribution in [0.1, 0.15) is 32.7 Å². The molecule has 7 nitrogen and oxygen atoms in total. The van der Waals surface area contributed by atoms with Crippen LogP contribution in [-0.2, 0) is 7.05 Å². The molecule has 33 heavy (non-hydrogen) atoms. The van der Waals surface area contributed by atoms with Gasteiger partial charge in [-0.1, -0.05) is 6.07 Å². The lowest BCUT2D eigenvalue weighted by atomic mass is 10.0. The first-order valence-electron chi connectivity index (χ1n) is 11.5. The molecule has 172 valence electrons. The average molecular weight is 450 g/mol. The third kappa shape index (κ3) is 3.88. The molecule has 0 N–H and O–H groups in total. The Bertz CT molecular complexity index is 1390. The Morgan fingerprint density at radius 3 is 2.70 bits per heavy atom. The van der Waals surface area contributed by atoms with Crippen LogP contribution in [0.3, 0.4) is 0 Å². The molecule has 0 saturated carbocycles. The van der Waals surface area contributed by atoms with Gasteiger partial charge in [0.2, 0.25) is 11.8 Å². The van der Waals surface area contributed by atoms with Gasteiger partial charge in [-0.2, -0.15) is 9.37 Å². The standard InChI is InChI=1S/C25H28FN5O2/c1-16(2)31-23-19-14-17(6-8-20(19)27-15-21(23)29(3)25(31)32)18-7-9-22(28-24(18)26)33-13-5-12-30-10-4-11-30/h6-9,14-16H,4-5,10-13H2,1-3H3. The average Bonchev–Trinajstić information content (AvgIpc) is 3.03. The zero-order valence-corrected chi connectivity index (χ0v) is 19.2.